The highest BCUT2D eigenvalue weighted by Gasteiger charge is 2.36. The highest BCUT2D eigenvalue weighted by atomic mass is 16.3. The van der Waals surface area contributed by atoms with Crippen LogP contribution in [-0.2, 0) is 46.4 Å². The molecule has 1 aromatic heterocycles. The number of aromatic nitrogens is 1. The summed E-state index contributed by atoms with van der Waals surface area (Å²) < 4.78 is 0. The maximum Gasteiger partial charge on any atom is 0.250 e. The molecule has 2 heterocycles. The van der Waals surface area contributed by atoms with Crippen molar-refractivity contribution >= 4 is 52.6 Å². The normalized spacial score (nSPS) is 15.5. The predicted molar refractivity (Wildman–Crippen MR) is 214 cm³/mol. The largest absolute Gasteiger partial charge is 0.508 e. The van der Waals surface area contributed by atoms with E-state index in [0.29, 0.717) is 18.3 Å². The minimum atomic E-state index is -1.45. The number of carbonyl (C=O) groups is 7. The van der Waals surface area contributed by atoms with Crippen molar-refractivity contribution in [1.82, 2.24) is 36.5 Å². The van der Waals surface area contributed by atoms with Gasteiger partial charge in [0.25, 0.3) is 0 Å². The van der Waals surface area contributed by atoms with Crippen LogP contribution in [0.25, 0.3) is 10.9 Å². The number of phenols is 1. The molecule has 10 N–H and O–H groups in total. The second kappa shape index (κ2) is 20.7. The first kappa shape index (κ1) is 44.4. The van der Waals surface area contributed by atoms with Crippen molar-refractivity contribution in [2.24, 2.45) is 11.7 Å². The van der Waals surface area contributed by atoms with Crippen LogP contribution in [-0.4, -0.2) is 106 Å². The Kier molecular flexibility index (Phi) is 15.9. The van der Waals surface area contributed by atoms with Gasteiger partial charge in [-0.15, -0.1) is 0 Å². The average Bonchev–Trinajstić information content (AvgIpc) is 3.86. The summed E-state index contributed by atoms with van der Waals surface area (Å²) in [7, 11) is 0. The van der Waals surface area contributed by atoms with Crippen molar-refractivity contribution in [3.8, 4) is 5.75 Å². The van der Waals surface area contributed by atoms with Crippen LogP contribution in [0.4, 0.5) is 0 Å². The quantitative estimate of drug-likeness (QED) is 0.0591. The first-order valence-corrected chi connectivity index (χ1v) is 18.9. The van der Waals surface area contributed by atoms with E-state index in [4.69, 9.17) is 5.73 Å². The van der Waals surface area contributed by atoms with Gasteiger partial charge in [0.2, 0.25) is 35.4 Å². The molecule has 1 aliphatic heterocycles. The molecule has 0 aliphatic carbocycles. The van der Waals surface area contributed by atoms with E-state index in [1.165, 1.54) is 29.3 Å². The smallest absolute Gasteiger partial charge is 0.250 e. The van der Waals surface area contributed by atoms with Crippen LogP contribution >= 0.6 is 0 Å². The van der Waals surface area contributed by atoms with Crippen LogP contribution in [0.1, 0.15) is 56.9 Å². The van der Waals surface area contributed by atoms with Crippen molar-refractivity contribution < 1.29 is 43.8 Å². The number of H-pyrrole nitrogens is 1. The first-order valence-electron chi connectivity index (χ1n) is 18.9. The minimum absolute atomic E-state index is 0.0139. The second-order valence-corrected chi connectivity index (χ2v) is 14.5. The number of carbonyl (C=O) groups excluding carboxylic acids is 7. The zero-order valence-corrected chi connectivity index (χ0v) is 32.9. The molecule has 0 fully saturated rings. The number of allylic oxidation sites excluding steroid dienone is 2. The van der Waals surface area contributed by atoms with Gasteiger partial charge in [-0.1, -0.05) is 55.8 Å². The number of hydrogen-bond acceptors (Lipinski definition) is 10. The summed E-state index contributed by atoms with van der Waals surface area (Å²) in [4.78, 5) is 94.4. The van der Waals surface area contributed by atoms with E-state index < -0.39 is 84.7 Å². The number of benzene rings is 2. The van der Waals surface area contributed by atoms with Gasteiger partial charge in [0.15, 0.2) is 0 Å². The molecule has 58 heavy (non-hydrogen) atoms. The lowest BCUT2D eigenvalue weighted by molar-refractivity contribution is -0.140. The average molecular weight is 801 g/mol. The van der Waals surface area contributed by atoms with Gasteiger partial charge < -0.3 is 57.2 Å². The van der Waals surface area contributed by atoms with Gasteiger partial charge in [0.05, 0.1) is 19.6 Å². The number of amides is 6. The number of rotatable bonds is 19. The summed E-state index contributed by atoms with van der Waals surface area (Å²) in [5.41, 5.74) is 8.98. The van der Waals surface area contributed by atoms with Gasteiger partial charge in [0, 0.05) is 29.7 Å². The fourth-order valence-corrected chi connectivity index (χ4v) is 6.36. The van der Waals surface area contributed by atoms with Crippen molar-refractivity contribution in [2.75, 3.05) is 19.6 Å². The molecule has 0 saturated heterocycles. The summed E-state index contributed by atoms with van der Waals surface area (Å²) in [5.74, 6) is -4.41. The van der Waals surface area contributed by atoms with E-state index in [9.17, 15) is 43.8 Å². The Bertz CT molecular complexity index is 2050. The molecule has 2 aromatic carbocycles. The molecule has 1 aliphatic rings. The Morgan fingerprint density at radius 1 is 0.948 bits per heavy atom. The maximum absolute atomic E-state index is 13.8. The van der Waals surface area contributed by atoms with Crippen LogP contribution in [0.15, 0.2) is 72.6 Å². The number of nitrogens with zero attached hydrogens (tertiary/aromatic N) is 1. The van der Waals surface area contributed by atoms with E-state index in [1.807, 2.05) is 44.2 Å². The van der Waals surface area contributed by atoms with E-state index in [0.717, 1.165) is 22.0 Å². The van der Waals surface area contributed by atoms with Gasteiger partial charge in [-0.25, -0.2) is 0 Å². The van der Waals surface area contributed by atoms with Gasteiger partial charge in [-0.2, -0.15) is 0 Å². The molecule has 17 heteroatoms. The number of aromatic hydroxyl groups is 1. The summed E-state index contributed by atoms with van der Waals surface area (Å²) in [5, 5.41) is 34.4. The SMILES string of the molecule is CC(C)=CCc1cc(C(O)C(C=O)NC(=O)CNC(=O)C(NC(=O)CNC(=O)C2CC=CN2C(=O)C(Cc2c[nH]c3ccccc23)NC(=O)CN)C(C)C)ccc1O. The number of nitrogens with one attached hydrogen (secondary N) is 6. The Hall–Kier alpha value is -6.33. The number of nitrogens with two attached hydrogens (primary N) is 1. The van der Waals surface area contributed by atoms with Crippen molar-refractivity contribution in [1.29, 1.82) is 0 Å². The molecular weight excluding hydrogens is 748 g/mol. The standard InChI is InChI=1S/C41H52N8O9/c1-23(2)11-12-25-16-26(13-14-33(25)51)38(55)31(22-50)47-35(53)20-45-40(57)37(24(3)4)48-36(54)21-44-39(56)32-10-7-15-49(32)41(58)30(46-34(52)18-42)17-27-19-43-29-9-6-5-8-28(27)29/h5-9,11,13-16,19,22,24,30-32,37-38,43,51,55H,10,12,17-18,20-21,42H2,1-4H3,(H,44,56)(H,45,57)(H,46,52)(H,47,53)(H,48,54). The van der Waals surface area contributed by atoms with Crippen molar-refractivity contribution in [2.45, 2.75) is 77.2 Å². The number of aldehydes is 1. The fourth-order valence-electron chi connectivity index (χ4n) is 6.36. The van der Waals surface area contributed by atoms with Crippen LogP contribution in [0.5, 0.6) is 5.75 Å². The molecule has 310 valence electrons. The monoisotopic (exact) mass is 800 g/mol. The molecule has 4 rings (SSSR count). The highest BCUT2D eigenvalue weighted by molar-refractivity contribution is 5.96. The predicted octanol–water partition coefficient (Wildman–Crippen LogP) is 0.273. The first-order chi connectivity index (χ1) is 27.6. The van der Waals surface area contributed by atoms with E-state index in [1.54, 1.807) is 26.1 Å². The third-order valence-corrected chi connectivity index (χ3v) is 9.54. The summed E-state index contributed by atoms with van der Waals surface area (Å²) >= 11 is 0. The Labute approximate surface area is 335 Å². The zero-order valence-electron chi connectivity index (χ0n) is 32.9. The Morgan fingerprint density at radius 3 is 2.34 bits per heavy atom. The highest BCUT2D eigenvalue weighted by Crippen LogP contribution is 2.25. The van der Waals surface area contributed by atoms with Gasteiger partial charge >= 0.3 is 0 Å². The molecular formula is C41H52N8O9. The molecule has 0 saturated carbocycles. The van der Waals surface area contributed by atoms with Crippen LogP contribution in [0.3, 0.4) is 0 Å². The van der Waals surface area contributed by atoms with E-state index in [-0.39, 0.29) is 30.7 Å². The molecule has 5 unspecified atom stereocenters. The van der Waals surface area contributed by atoms with Crippen LogP contribution in [0, 0.1) is 5.92 Å². The summed E-state index contributed by atoms with van der Waals surface area (Å²) in [6.07, 6.45) is 6.28. The number of aromatic amines is 1. The fraction of sp³-hybridized carbons (Fsp3) is 0.390. The van der Waals surface area contributed by atoms with Gasteiger partial charge in [-0.3, -0.25) is 28.8 Å². The number of para-hydroxylation sites is 1. The van der Waals surface area contributed by atoms with Gasteiger partial charge in [-0.05, 0) is 67.5 Å². The molecule has 5 atom stereocenters. The van der Waals surface area contributed by atoms with Crippen LogP contribution in [0.2, 0.25) is 0 Å². The second-order valence-electron chi connectivity index (χ2n) is 14.5. The third kappa shape index (κ3) is 11.8. The lowest BCUT2D eigenvalue weighted by atomic mass is 9.98. The molecule has 0 spiro atoms. The zero-order chi connectivity index (χ0) is 42.5. The molecule has 6 amide bonds. The summed E-state index contributed by atoms with van der Waals surface area (Å²) in [6, 6.07) is 7.28. The topological polar surface area (TPSA) is 265 Å². The number of aliphatic hydroxyl groups is 1. The van der Waals surface area contributed by atoms with Crippen molar-refractivity contribution in [3.05, 3.63) is 89.3 Å². The van der Waals surface area contributed by atoms with E-state index in [2.05, 4.69) is 31.6 Å². The maximum atomic E-state index is 13.8. The number of aliphatic hydroxyl groups excluding tert-OH is 1. The van der Waals surface area contributed by atoms with Crippen molar-refractivity contribution in [3.63, 3.8) is 0 Å². The molecule has 17 nitrogen and oxygen atoms in total. The lowest BCUT2D eigenvalue weighted by Gasteiger charge is -2.28. The Balaban J connectivity index is 1.30. The summed E-state index contributed by atoms with van der Waals surface area (Å²) in [6.45, 7) is 5.65. The molecule has 3 aromatic rings. The number of hydrogen-bond donors (Lipinski definition) is 9. The lowest BCUT2D eigenvalue weighted by Crippen LogP contribution is -2.56. The van der Waals surface area contributed by atoms with Gasteiger partial charge in [0.1, 0.15) is 42.3 Å². The molecule has 0 radical (unpaired) electrons. The minimum Gasteiger partial charge on any atom is -0.508 e. The third-order valence-electron chi connectivity index (χ3n) is 9.54. The number of fused-ring (bicyclic) bond motifs is 1. The Morgan fingerprint density at radius 2 is 1.66 bits per heavy atom. The number of phenolic OH excluding ortho intramolecular Hbond substituents is 1. The molecule has 0 bridgehead atoms. The van der Waals surface area contributed by atoms with E-state index >= 15 is 0 Å². The van der Waals surface area contributed by atoms with Crippen LogP contribution < -0.4 is 32.3 Å².